The molecular weight excluding hydrogens is 247 g/mol. The van der Waals surface area contributed by atoms with E-state index in [-0.39, 0.29) is 7.12 Å². The molecule has 0 fully saturated rings. The quantitative estimate of drug-likeness (QED) is 0.517. The molecule has 0 aliphatic heterocycles. The smallest absolute Gasteiger partial charge is 0.328 e. The van der Waals surface area contributed by atoms with E-state index in [1.165, 1.54) is 0 Å². The van der Waals surface area contributed by atoms with Gasteiger partial charge in [0, 0.05) is 44.2 Å². The Bertz CT molecular complexity index is 646. The van der Waals surface area contributed by atoms with Crippen molar-refractivity contribution in [1.82, 2.24) is 28.4 Å². The van der Waals surface area contributed by atoms with Gasteiger partial charge in [-0.3, -0.25) is 9.19 Å². The molecule has 0 saturated heterocycles. The van der Waals surface area contributed by atoms with Crippen molar-refractivity contribution in [3.8, 4) is 0 Å². The first-order valence-corrected chi connectivity index (χ1v) is 5.90. The third-order valence-electron chi connectivity index (χ3n) is 2.75. The van der Waals surface area contributed by atoms with E-state index in [1.54, 1.807) is 12.4 Å². The molecule has 6 nitrogen and oxygen atoms in total. The van der Waals surface area contributed by atoms with E-state index in [0.717, 1.165) is 0 Å². The summed E-state index contributed by atoms with van der Waals surface area (Å²) in [5, 5.41) is 8.56. The first-order valence-electron chi connectivity index (χ1n) is 5.49. The lowest BCUT2D eigenvalue weighted by Gasteiger charge is -2.14. The van der Waals surface area contributed by atoms with Crippen LogP contribution in [0.15, 0.2) is 49.3 Å². The number of hydrogen-bond acceptors (Lipinski definition) is 3. The van der Waals surface area contributed by atoms with Crippen molar-refractivity contribution in [1.29, 1.82) is 0 Å². The zero-order chi connectivity index (χ0) is 12.5. The molecule has 0 aliphatic carbocycles. The number of imidazole rings is 1. The molecule has 90 valence electrons. The number of aromatic nitrogens is 6. The maximum Gasteiger partial charge on any atom is 0.553 e. The van der Waals surface area contributed by atoms with E-state index >= 15 is 0 Å². The normalized spacial score (nSPS) is 10.7. The van der Waals surface area contributed by atoms with Crippen LogP contribution >= 0.6 is 12.2 Å². The molecule has 18 heavy (non-hydrogen) atoms. The van der Waals surface area contributed by atoms with Gasteiger partial charge in [-0.1, -0.05) is 0 Å². The SMILES string of the molecule is Cn1ccn(B(n2cccn2)n2cccn2)c1=S. The Morgan fingerprint density at radius 1 is 1.00 bits per heavy atom. The van der Waals surface area contributed by atoms with Crippen LogP contribution in [0.3, 0.4) is 0 Å². The lowest BCUT2D eigenvalue weighted by atomic mass is 9.95. The zero-order valence-electron chi connectivity index (χ0n) is 9.79. The standard InChI is InChI=1S/C10H11BN6S/c1-14-8-9-15(10(14)18)11(16-6-2-4-12-16)17-7-3-5-13-17/h2-9H,1H3. The first-order chi connectivity index (χ1) is 8.77. The van der Waals surface area contributed by atoms with Gasteiger partial charge in [-0.2, -0.15) is 10.2 Å². The topological polar surface area (TPSA) is 45.5 Å². The van der Waals surface area contributed by atoms with E-state index in [2.05, 4.69) is 10.2 Å². The minimum absolute atomic E-state index is 0.219. The molecule has 0 aliphatic rings. The number of rotatable bonds is 3. The van der Waals surface area contributed by atoms with Crippen molar-refractivity contribution >= 4 is 19.3 Å². The second-order valence-electron chi connectivity index (χ2n) is 3.92. The summed E-state index contributed by atoms with van der Waals surface area (Å²) in [7, 11) is 1.70. The summed E-state index contributed by atoms with van der Waals surface area (Å²) in [5.74, 6) is 0. The second-order valence-corrected chi connectivity index (χ2v) is 4.28. The molecule has 0 N–H and O–H groups in total. The van der Waals surface area contributed by atoms with Crippen LogP contribution in [0.25, 0.3) is 0 Å². The van der Waals surface area contributed by atoms with Gasteiger partial charge in [-0.15, -0.1) is 0 Å². The molecule has 0 radical (unpaired) electrons. The minimum atomic E-state index is -0.219. The minimum Gasteiger partial charge on any atom is -0.328 e. The average Bonchev–Trinajstić information content (AvgIpc) is 3.08. The van der Waals surface area contributed by atoms with Gasteiger partial charge in [0.2, 0.25) is 0 Å². The van der Waals surface area contributed by atoms with E-state index in [0.29, 0.717) is 4.77 Å². The molecule has 0 bridgehead atoms. The van der Waals surface area contributed by atoms with Crippen LogP contribution < -0.4 is 0 Å². The van der Waals surface area contributed by atoms with Gasteiger partial charge in [0.05, 0.1) is 0 Å². The maximum absolute atomic E-state index is 5.39. The predicted octanol–water partition coefficient (Wildman–Crippen LogP) is 0.879. The monoisotopic (exact) mass is 258 g/mol. The van der Waals surface area contributed by atoms with Crippen LogP contribution in [0.4, 0.5) is 0 Å². The van der Waals surface area contributed by atoms with Gasteiger partial charge in [-0.05, 0) is 24.4 Å². The molecule has 0 aromatic carbocycles. The summed E-state index contributed by atoms with van der Waals surface area (Å²) in [6, 6.07) is 3.76. The predicted molar refractivity (Wildman–Crippen MR) is 70.6 cm³/mol. The van der Waals surface area contributed by atoms with Gasteiger partial charge in [0.15, 0.2) is 4.77 Å². The molecule has 0 amide bonds. The first kappa shape index (κ1) is 11.0. The van der Waals surface area contributed by atoms with Gasteiger partial charge < -0.3 is 9.05 Å². The van der Waals surface area contributed by atoms with Crippen LogP contribution in [0.1, 0.15) is 0 Å². The highest BCUT2D eigenvalue weighted by atomic mass is 32.1. The summed E-state index contributed by atoms with van der Waals surface area (Å²) >= 11 is 5.39. The van der Waals surface area contributed by atoms with Gasteiger partial charge in [0.25, 0.3) is 0 Å². The van der Waals surface area contributed by atoms with E-state index in [1.807, 2.05) is 62.2 Å². The molecule has 0 saturated carbocycles. The van der Waals surface area contributed by atoms with Crippen molar-refractivity contribution in [2.75, 3.05) is 0 Å². The number of hydrogen-bond donors (Lipinski definition) is 0. The Kier molecular flexibility index (Phi) is 2.64. The molecule has 0 unspecified atom stereocenters. The van der Waals surface area contributed by atoms with E-state index in [9.17, 15) is 0 Å². The highest BCUT2D eigenvalue weighted by molar-refractivity contribution is 7.71. The van der Waals surface area contributed by atoms with Crippen molar-refractivity contribution < 1.29 is 0 Å². The molecule has 3 aromatic rings. The summed E-state index contributed by atoms with van der Waals surface area (Å²) < 4.78 is 8.15. The third kappa shape index (κ3) is 1.70. The third-order valence-corrected chi connectivity index (χ3v) is 3.24. The van der Waals surface area contributed by atoms with Crippen LogP contribution in [0.2, 0.25) is 0 Å². The van der Waals surface area contributed by atoms with Gasteiger partial charge in [0.1, 0.15) is 0 Å². The summed E-state index contributed by atoms with van der Waals surface area (Å²) in [6.45, 7) is 0. The summed E-state index contributed by atoms with van der Waals surface area (Å²) in [6.07, 6.45) is 11.1. The molecule has 3 aromatic heterocycles. The molecule has 3 rings (SSSR count). The van der Waals surface area contributed by atoms with Crippen molar-refractivity contribution in [3.05, 3.63) is 54.1 Å². The lowest BCUT2D eigenvalue weighted by Crippen LogP contribution is -2.42. The van der Waals surface area contributed by atoms with E-state index < -0.39 is 0 Å². The maximum atomic E-state index is 5.39. The molecular formula is C10H11BN6S. The second kappa shape index (κ2) is 4.30. The Morgan fingerprint density at radius 2 is 1.61 bits per heavy atom. The van der Waals surface area contributed by atoms with Crippen LogP contribution in [0, 0.1) is 4.77 Å². The molecule has 8 heteroatoms. The van der Waals surface area contributed by atoms with Crippen LogP contribution in [-0.4, -0.2) is 35.5 Å². The summed E-state index contributed by atoms with van der Waals surface area (Å²) in [4.78, 5) is 0. The number of nitrogens with zero attached hydrogens (tertiary/aromatic N) is 6. The Labute approximate surface area is 109 Å². The van der Waals surface area contributed by atoms with Crippen molar-refractivity contribution in [3.63, 3.8) is 0 Å². The lowest BCUT2D eigenvalue weighted by molar-refractivity contribution is 0.791. The highest BCUT2D eigenvalue weighted by Crippen LogP contribution is 2.02. The van der Waals surface area contributed by atoms with Crippen molar-refractivity contribution in [2.45, 2.75) is 0 Å². The fraction of sp³-hybridized carbons (Fsp3) is 0.100. The Morgan fingerprint density at radius 3 is 2.00 bits per heavy atom. The molecule has 0 spiro atoms. The van der Waals surface area contributed by atoms with Crippen molar-refractivity contribution in [2.24, 2.45) is 7.05 Å². The molecule has 0 atom stereocenters. The zero-order valence-corrected chi connectivity index (χ0v) is 10.6. The largest absolute Gasteiger partial charge is 0.553 e. The van der Waals surface area contributed by atoms with Gasteiger partial charge in [-0.25, -0.2) is 0 Å². The Balaban J connectivity index is 2.18. The number of aryl methyl sites for hydroxylation is 1. The highest BCUT2D eigenvalue weighted by Gasteiger charge is 2.26. The fourth-order valence-electron chi connectivity index (χ4n) is 1.87. The summed E-state index contributed by atoms with van der Waals surface area (Å²) in [5.41, 5.74) is 0. The van der Waals surface area contributed by atoms with Gasteiger partial charge >= 0.3 is 7.12 Å². The average molecular weight is 258 g/mol. The Hall–Kier alpha value is -2.09. The van der Waals surface area contributed by atoms with E-state index in [4.69, 9.17) is 12.2 Å². The fourth-order valence-corrected chi connectivity index (χ4v) is 2.08. The van der Waals surface area contributed by atoms with Crippen LogP contribution in [0.5, 0.6) is 0 Å². The molecule has 3 heterocycles. The van der Waals surface area contributed by atoms with Crippen LogP contribution in [-0.2, 0) is 7.05 Å².